The van der Waals surface area contributed by atoms with Crippen molar-refractivity contribution < 1.29 is 0 Å². The molecule has 0 saturated carbocycles. The van der Waals surface area contributed by atoms with E-state index in [-0.39, 0.29) is 0 Å². The Kier molecular flexibility index (Phi) is 3.71. The van der Waals surface area contributed by atoms with E-state index in [0.29, 0.717) is 0 Å². The lowest BCUT2D eigenvalue weighted by Crippen LogP contribution is -2.49. The summed E-state index contributed by atoms with van der Waals surface area (Å²) >= 11 is 0. The molecule has 0 N–H and O–H groups in total. The summed E-state index contributed by atoms with van der Waals surface area (Å²) in [6.45, 7) is 9.40. The Hall–Kier alpha value is -1.13. The summed E-state index contributed by atoms with van der Waals surface area (Å²) in [5.74, 6) is 0. The van der Waals surface area contributed by atoms with Crippen LogP contribution >= 0.6 is 0 Å². The molecule has 1 aromatic rings. The number of piperazine rings is 1. The van der Waals surface area contributed by atoms with Crippen LogP contribution in [0.15, 0.2) is 18.5 Å². The summed E-state index contributed by atoms with van der Waals surface area (Å²) in [5, 5.41) is 0. The molecule has 0 bridgehead atoms. The van der Waals surface area contributed by atoms with Crippen LogP contribution in [-0.2, 0) is 0 Å². The van der Waals surface area contributed by atoms with Crippen molar-refractivity contribution in [3.05, 3.63) is 24.0 Å². The highest BCUT2D eigenvalue weighted by Gasteiger charge is 2.29. The van der Waals surface area contributed by atoms with Gasteiger partial charge in [0.05, 0.1) is 0 Å². The fraction of sp³-hybridized carbons (Fsp3) is 0.667. The smallest absolute Gasteiger partial charge is 0.0427 e. The molecule has 4 heteroatoms. The molecule has 0 amide bonds. The van der Waals surface area contributed by atoms with Crippen LogP contribution in [0.25, 0.3) is 0 Å². The molecular formula is C15H24N4. The van der Waals surface area contributed by atoms with Crippen LogP contribution in [0.4, 0.5) is 5.69 Å². The number of aryl methyl sites for hydroxylation is 1. The molecule has 3 rings (SSSR count). The zero-order valence-corrected chi connectivity index (χ0v) is 12.0. The number of anilines is 1. The van der Waals surface area contributed by atoms with Crippen LogP contribution in [0.5, 0.6) is 0 Å². The molecule has 4 nitrogen and oxygen atoms in total. The first-order valence-corrected chi connectivity index (χ1v) is 7.32. The maximum atomic E-state index is 4.19. The van der Waals surface area contributed by atoms with Gasteiger partial charge in [-0.25, -0.2) is 0 Å². The second-order valence-electron chi connectivity index (χ2n) is 5.89. The number of nitrogens with zero attached hydrogens (tertiary/aromatic N) is 4. The second-order valence-corrected chi connectivity index (χ2v) is 5.89. The molecule has 2 saturated heterocycles. The molecular weight excluding hydrogens is 236 g/mol. The van der Waals surface area contributed by atoms with E-state index in [9.17, 15) is 0 Å². The zero-order chi connectivity index (χ0) is 13.2. The van der Waals surface area contributed by atoms with Gasteiger partial charge in [0.15, 0.2) is 0 Å². The van der Waals surface area contributed by atoms with Gasteiger partial charge in [0.1, 0.15) is 0 Å². The summed E-state index contributed by atoms with van der Waals surface area (Å²) in [6, 6.07) is 2.89. The first-order valence-electron chi connectivity index (χ1n) is 7.32. The van der Waals surface area contributed by atoms with Gasteiger partial charge >= 0.3 is 0 Å². The SMILES string of the molecule is Cc1cnccc1N1CCC(N2CCN(C)CC2)C1. The van der Waals surface area contributed by atoms with Crippen LogP contribution in [-0.4, -0.2) is 67.1 Å². The third-order valence-electron chi connectivity index (χ3n) is 4.55. The lowest BCUT2D eigenvalue weighted by molar-refractivity contribution is 0.120. The molecule has 1 aromatic heterocycles. The zero-order valence-electron chi connectivity index (χ0n) is 12.0. The van der Waals surface area contributed by atoms with E-state index < -0.39 is 0 Å². The Labute approximate surface area is 116 Å². The monoisotopic (exact) mass is 260 g/mol. The van der Waals surface area contributed by atoms with Crippen molar-refractivity contribution >= 4 is 5.69 Å². The molecule has 1 atom stereocenters. The minimum absolute atomic E-state index is 0.737. The average molecular weight is 260 g/mol. The molecule has 19 heavy (non-hydrogen) atoms. The highest BCUT2D eigenvalue weighted by atomic mass is 15.3. The molecule has 0 spiro atoms. The van der Waals surface area contributed by atoms with E-state index in [0.717, 1.165) is 6.04 Å². The molecule has 1 unspecified atom stereocenters. The van der Waals surface area contributed by atoms with Gasteiger partial charge in [-0.1, -0.05) is 0 Å². The molecule has 0 aromatic carbocycles. The van der Waals surface area contributed by atoms with Gasteiger partial charge in [-0.2, -0.15) is 0 Å². The molecule has 0 radical (unpaired) electrons. The van der Waals surface area contributed by atoms with E-state index in [2.05, 4.69) is 39.7 Å². The quantitative estimate of drug-likeness (QED) is 0.797. The Morgan fingerprint density at radius 1 is 1.16 bits per heavy atom. The highest BCUT2D eigenvalue weighted by Crippen LogP contribution is 2.25. The molecule has 2 aliphatic rings. The van der Waals surface area contributed by atoms with Crippen LogP contribution < -0.4 is 4.90 Å². The van der Waals surface area contributed by atoms with Crippen molar-refractivity contribution in [1.29, 1.82) is 0 Å². The minimum atomic E-state index is 0.737. The van der Waals surface area contributed by atoms with Crippen molar-refractivity contribution in [1.82, 2.24) is 14.8 Å². The fourth-order valence-corrected chi connectivity index (χ4v) is 3.27. The molecule has 3 heterocycles. The van der Waals surface area contributed by atoms with Crippen molar-refractivity contribution in [2.45, 2.75) is 19.4 Å². The van der Waals surface area contributed by atoms with Crippen molar-refractivity contribution in [2.75, 3.05) is 51.2 Å². The Morgan fingerprint density at radius 2 is 1.95 bits per heavy atom. The third-order valence-corrected chi connectivity index (χ3v) is 4.55. The Balaban J connectivity index is 1.63. The van der Waals surface area contributed by atoms with Gasteiger partial charge in [-0.05, 0) is 32.0 Å². The molecule has 104 valence electrons. The van der Waals surface area contributed by atoms with Crippen LogP contribution in [0.1, 0.15) is 12.0 Å². The lowest BCUT2D eigenvalue weighted by atomic mass is 10.2. The number of hydrogen-bond donors (Lipinski definition) is 0. The van der Waals surface area contributed by atoms with Crippen LogP contribution in [0.3, 0.4) is 0 Å². The molecule has 2 fully saturated rings. The van der Waals surface area contributed by atoms with E-state index in [1.807, 2.05) is 12.4 Å². The number of hydrogen-bond acceptors (Lipinski definition) is 4. The topological polar surface area (TPSA) is 22.6 Å². The van der Waals surface area contributed by atoms with E-state index in [1.165, 1.54) is 56.9 Å². The Morgan fingerprint density at radius 3 is 2.68 bits per heavy atom. The summed E-state index contributed by atoms with van der Waals surface area (Å²) < 4.78 is 0. The predicted octanol–water partition coefficient (Wildman–Crippen LogP) is 1.22. The van der Waals surface area contributed by atoms with Crippen molar-refractivity contribution in [3.63, 3.8) is 0 Å². The van der Waals surface area contributed by atoms with Gasteiger partial charge in [0.2, 0.25) is 0 Å². The first-order chi connectivity index (χ1) is 9.24. The van der Waals surface area contributed by atoms with Gasteiger partial charge in [-0.15, -0.1) is 0 Å². The molecule has 0 aliphatic carbocycles. The first kappa shape index (κ1) is 12.9. The largest absolute Gasteiger partial charge is 0.370 e. The number of rotatable bonds is 2. The van der Waals surface area contributed by atoms with Crippen molar-refractivity contribution in [2.24, 2.45) is 0 Å². The van der Waals surface area contributed by atoms with E-state index in [1.54, 1.807) is 0 Å². The average Bonchev–Trinajstić information content (AvgIpc) is 2.89. The summed E-state index contributed by atoms with van der Waals surface area (Å²) in [5.41, 5.74) is 2.66. The normalized spacial score (nSPS) is 26.0. The van der Waals surface area contributed by atoms with Gasteiger partial charge in [-0.3, -0.25) is 9.88 Å². The van der Waals surface area contributed by atoms with Crippen LogP contribution in [0.2, 0.25) is 0 Å². The van der Waals surface area contributed by atoms with E-state index >= 15 is 0 Å². The van der Waals surface area contributed by atoms with E-state index in [4.69, 9.17) is 0 Å². The Bertz CT molecular complexity index is 426. The maximum absolute atomic E-state index is 4.19. The van der Waals surface area contributed by atoms with Crippen LogP contribution in [0, 0.1) is 6.92 Å². The maximum Gasteiger partial charge on any atom is 0.0427 e. The summed E-state index contributed by atoms with van der Waals surface area (Å²) in [4.78, 5) is 11.8. The standard InChI is InChI=1S/C15H24N4/c1-13-11-16-5-3-15(13)19-6-4-14(12-19)18-9-7-17(2)8-10-18/h3,5,11,14H,4,6-10,12H2,1-2H3. The highest BCUT2D eigenvalue weighted by molar-refractivity contribution is 5.52. The lowest BCUT2D eigenvalue weighted by Gasteiger charge is -2.36. The van der Waals surface area contributed by atoms with Crippen molar-refractivity contribution in [3.8, 4) is 0 Å². The number of aromatic nitrogens is 1. The summed E-state index contributed by atoms with van der Waals surface area (Å²) in [7, 11) is 2.22. The van der Waals surface area contributed by atoms with Gasteiger partial charge in [0, 0.05) is 63.4 Å². The van der Waals surface area contributed by atoms with Gasteiger partial charge in [0.25, 0.3) is 0 Å². The van der Waals surface area contributed by atoms with Gasteiger partial charge < -0.3 is 9.80 Å². The molecule has 2 aliphatic heterocycles. The fourth-order valence-electron chi connectivity index (χ4n) is 3.27. The predicted molar refractivity (Wildman–Crippen MR) is 78.7 cm³/mol. The third kappa shape index (κ3) is 2.74. The number of likely N-dealkylation sites (N-methyl/N-ethyl adjacent to an activating group) is 1. The second kappa shape index (κ2) is 5.47. The number of pyridine rings is 1. The summed E-state index contributed by atoms with van der Waals surface area (Å²) in [6.07, 6.45) is 5.18. The minimum Gasteiger partial charge on any atom is -0.370 e.